The Kier molecular flexibility index (Phi) is 3.46. The van der Waals surface area contributed by atoms with Crippen LogP contribution in [-0.2, 0) is 0 Å². The lowest BCUT2D eigenvalue weighted by molar-refractivity contribution is 0.214. The monoisotopic (exact) mass is 320 g/mol. The van der Waals surface area contributed by atoms with Crippen LogP contribution < -0.4 is 5.32 Å². The van der Waals surface area contributed by atoms with E-state index in [0.29, 0.717) is 0 Å². The smallest absolute Gasteiger partial charge is 0.134 e. The van der Waals surface area contributed by atoms with E-state index in [-0.39, 0.29) is 12.1 Å². The fourth-order valence-corrected chi connectivity index (χ4v) is 3.39. The molecule has 1 aliphatic carbocycles. The summed E-state index contributed by atoms with van der Waals surface area (Å²) in [6.45, 7) is 0.166. The molecule has 1 heterocycles. The Morgan fingerprint density at radius 1 is 1.21 bits per heavy atom. The quantitative estimate of drug-likeness (QED) is 0.906. The van der Waals surface area contributed by atoms with E-state index < -0.39 is 0 Å². The summed E-state index contributed by atoms with van der Waals surface area (Å²) in [6.07, 6.45) is 6.17. The Bertz CT molecular complexity index is 594. The second-order valence-electron chi connectivity index (χ2n) is 5.27. The van der Waals surface area contributed by atoms with Crippen LogP contribution in [0.25, 0.3) is 10.8 Å². The summed E-state index contributed by atoms with van der Waals surface area (Å²) in [7, 11) is 0. The van der Waals surface area contributed by atoms with Gasteiger partial charge in [-0.05, 0) is 25.0 Å². The predicted octanol–water partition coefficient (Wildman–Crippen LogP) is 3.71. The molecule has 1 aromatic carbocycles. The van der Waals surface area contributed by atoms with Gasteiger partial charge in [-0.25, -0.2) is 4.98 Å². The highest BCUT2D eigenvalue weighted by atomic mass is 79.9. The van der Waals surface area contributed by atoms with E-state index in [1.165, 1.54) is 12.8 Å². The van der Waals surface area contributed by atoms with Gasteiger partial charge in [-0.1, -0.05) is 40.9 Å². The highest BCUT2D eigenvalue weighted by Crippen LogP contribution is 2.35. The number of pyridine rings is 1. The number of benzene rings is 1. The number of anilines is 1. The van der Waals surface area contributed by atoms with E-state index in [4.69, 9.17) is 0 Å². The molecule has 2 aromatic rings. The summed E-state index contributed by atoms with van der Waals surface area (Å²) < 4.78 is 1.07. The molecule has 3 rings (SSSR count). The normalized spacial score (nSPS) is 17.8. The van der Waals surface area contributed by atoms with Crippen molar-refractivity contribution in [2.45, 2.75) is 31.2 Å². The molecule has 0 radical (unpaired) electrons. The molecular formula is C15H17BrN2O. The number of aromatic nitrogens is 1. The fourth-order valence-electron chi connectivity index (χ4n) is 2.89. The first-order valence-corrected chi connectivity index (χ1v) is 7.46. The summed E-state index contributed by atoms with van der Waals surface area (Å²) in [5, 5.41) is 15.4. The van der Waals surface area contributed by atoms with Crippen molar-refractivity contribution in [3.8, 4) is 0 Å². The van der Waals surface area contributed by atoms with Crippen LogP contribution in [0.1, 0.15) is 25.7 Å². The molecule has 1 saturated carbocycles. The lowest BCUT2D eigenvalue weighted by Crippen LogP contribution is -2.39. The first kappa shape index (κ1) is 12.9. The second-order valence-corrected chi connectivity index (χ2v) is 6.12. The maximum Gasteiger partial charge on any atom is 0.134 e. The van der Waals surface area contributed by atoms with E-state index in [9.17, 15) is 5.11 Å². The third-order valence-electron chi connectivity index (χ3n) is 4.00. The second kappa shape index (κ2) is 5.10. The molecule has 0 atom stereocenters. The first-order valence-electron chi connectivity index (χ1n) is 6.66. The summed E-state index contributed by atoms with van der Waals surface area (Å²) in [5.74, 6) is 0.870. The van der Waals surface area contributed by atoms with Crippen LogP contribution in [0, 0.1) is 0 Å². The number of fused-ring (bicyclic) bond motifs is 1. The minimum Gasteiger partial charge on any atom is -0.394 e. The van der Waals surface area contributed by atoms with Gasteiger partial charge in [0.2, 0.25) is 0 Å². The Morgan fingerprint density at radius 2 is 2.00 bits per heavy atom. The summed E-state index contributed by atoms with van der Waals surface area (Å²) in [4.78, 5) is 4.46. The van der Waals surface area contributed by atoms with Crippen LogP contribution in [0.2, 0.25) is 0 Å². The van der Waals surface area contributed by atoms with Gasteiger partial charge < -0.3 is 10.4 Å². The van der Waals surface area contributed by atoms with Crippen molar-refractivity contribution in [3.63, 3.8) is 0 Å². The molecule has 2 N–H and O–H groups in total. The van der Waals surface area contributed by atoms with E-state index >= 15 is 0 Å². The van der Waals surface area contributed by atoms with Crippen molar-refractivity contribution in [2.75, 3.05) is 11.9 Å². The Hall–Kier alpha value is -1.13. The molecule has 0 amide bonds. The summed E-state index contributed by atoms with van der Waals surface area (Å²) in [6, 6.07) is 8.11. The van der Waals surface area contributed by atoms with Crippen LogP contribution >= 0.6 is 15.9 Å². The van der Waals surface area contributed by atoms with Crippen LogP contribution in [0.3, 0.4) is 0 Å². The van der Waals surface area contributed by atoms with E-state index in [2.05, 4.69) is 32.3 Å². The van der Waals surface area contributed by atoms with E-state index in [1.54, 1.807) is 0 Å². The number of nitrogens with zero attached hydrogens (tertiary/aromatic N) is 1. The highest BCUT2D eigenvalue weighted by Gasteiger charge is 2.33. The highest BCUT2D eigenvalue weighted by molar-refractivity contribution is 9.10. The molecular weight excluding hydrogens is 304 g/mol. The van der Waals surface area contributed by atoms with Crippen LogP contribution in [0.15, 0.2) is 34.9 Å². The average molecular weight is 321 g/mol. The summed E-state index contributed by atoms with van der Waals surface area (Å²) in [5.41, 5.74) is -0.191. The number of hydrogen-bond acceptors (Lipinski definition) is 3. The number of hydrogen-bond donors (Lipinski definition) is 2. The predicted molar refractivity (Wildman–Crippen MR) is 81.4 cm³/mol. The van der Waals surface area contributed by atoms with Crippen molar-refractivity contribution in [3.05, 3.63) is 34.9 Å². The molecule has 100 valence electrons. The average Bonchev–Trinajstić information content (AvgIpc) is 2.89. The maximum atomic E-state index is 9.70. The van der Waals surface area contributed by atoms with Crippen LogP contribution in [-0.4, -0.2) is 22.2 Å². The minimum absolute atomic E-state index is 0.166. The SMILES string of the molecule is OCC1(Nc2nccc3c(Br)cccc23)CCCC1. The standard InChI is InChI=1S/C15H17BrN2O/c16-13-5-3-4-12-11(13)6-9-17-14(12)18-15(10-19)7-1-2-8-15/h3-6,9,19H,1-2,7-8,10H2,(H,17,18). The van der Waals surface area contributed by atoms with Gasteiger partial charge >= 0.3 is 0 Å². The topological polar surface area (TPSA) is 45.1 Å². The molecule has 1 fully saturated rings. The van der Waals surface area contributed by atoms with Crippen LogP contribution in [0.4, 0.5) is 5.82 Å². The van der Waals surface area contributed by atoms with Crippen molar-refractivity contribution < 1.29 is 5.11 Å². The van der Waals surface area contributed by atoms with E-state index in [1.807, 2.05) is 24.4 Å². The molecule has 0 spiro atoms. The Balaban J connectivity index is 2.03. The molecule has 0 bridgehead atoms. The third-order valence-corrected chi connectivity index (χ3v) is 4.69. The molecule has 1 aromatic heterocycles. The molecule has 19 heavy (non-hydrogen) atoms. The van der Waals surface area contributed by atoms with Gasteiger partial charge in [0.05, 0.1) is 12.1 Å². The van der Waals surface area contributed by atoms with Crippen LogP contribution in [0.5, 0.6) is 0 Å². The number of aliphatic hydroxyl groups excluding tert-OH is 1. The Morgan fingerprint density at radius 3 is 2.74 bits per heavy atom. The lowest BCUT2D eigenvalue weighted by atomic mass is 9.98. The fraction of sp³-hybridized carbons (Fsp3) is 0.400. The maximum absolute atomic E-state index is 9.70. The van der Waals surface area contributed by atoms with Gasteiger partial charge in [-0.15, -0.1) is 0 Å². The molecule has 4 heteroatoms. The van der Waals surface area contributed by atoms with Crippen molar-refractivity contribution in [1.29, 1.82) is 0 Å². The number of halogens is 1. The van der Waals surface area contributed by atoms with Gasteiger partial charge in [-0.3, -0.25) is 0 Å². The van der Waals surface area contributed by atoms with Gasteiger partial charge in [0.1, 0.15) is 5.82 Å². The Labute approximate surface area is 121 Å². The zero-order valence-electron chi connectivity index (χ0n) is 10.7. The molecule has 1 aliphatic rings. The largest absolute Gasteiger partial charge is 0.394 e. The number of aliphatic hydroxyl groups is 1. The zero-order valence-corrected chi connectivity index (χ0v) is 12.3. The molecule has 0 unspecified atom stereocenters. The van der Waals surface area contributed by atoms with Crippen molar-refractivity contribution in [1.82, 2.24) is 4.98 Å². The number of nitrogens with one attached hydrogen (secondary N) is 1. The first-order chi connectivity index (χ1) is 9.24. The van der Waals surface area contributed by atoms with Crippen molar-refractivity contribution in [2.24, 2.45) is 0 Å². The molecule has 0 aliphatic heterocycles. The van der Waals surface area contributed by atoms with Gasteiger partial charge in [0.25, 0.3) is 0 Å². The third kappa shape index (κ3) is 2.35. The van der Waals surface area contributed by atoms with Gasteiger partial charge in [0.15, 0.2) is 0 Å². The zero-order chi connectivity index (χ0) is 13.3. The number of rotatable bonds is 3. The van der Waals surface area contributed by atoms with E-state index in [0.717, 1.165) is 33.9 Å². The molecule has 3 nitrogen and oxygen atoms in total. The van der Waals surface area contributed by atoms with Gasteiger partial charge in [0, 0.05) is 21.4 Å². The minimum atomic E-state index is -0.191. The van der Waals surface area contributed by atoms with Gasteiger partial charge in [-0.2, -0.15) is 0 Å². The lowest BCUT2D eigenvalue weighted by Gasteiger charge is -2.29. The van der Waals surface area contributed by atoms with Crippen molar-refractivity contribution >= 4 is 32.5 Å². The molecule has 0 saturated heterocycles. The summed E-state index contributed by atoms with van der Waals surface area (Å²) >= 11 is 3.57.